The SMILES string of the molecule is COc1ccc2[nH]c(=S)n(CC3(OC)CCC3)c2n1. The van der Waals surface area contributed by atoms with Crippen molar-refractivity contribution in [2.75, 3.05) is 14.2 Å². The number of pyridine rings is 1. The van der Waals surface area contributed by atoms with Crippen LogP contribution >= 0.6 is 12.2 Å². The van der Waals surface area contributed by atoms with E-state index in [2.05, 4.69) is 9.97 Å². The molecule has 0 amide bonds. The van der Waals surface area contributed by atoms with E-state index in [1.165, 1.54) is 6.42 Å². The molecule has 1 fully saturated rings. The molecule has 0 saturated heterocycles. The molecule has 2 aromatic heterocycles. The van der Waals surface area contributed by atoms with Gasteiger partial charge in [0.25, 0.3) is 0 Å². The lowest BCUT2D eigenvalue weighted by Gasteiger charge is -2.40. The number of hydrogen-bond donors (Lipinski definition) is 1. The molecule has 102 valence electrons. The van der Waals surface area contributed by atoms with Crippen LogP contribution in [-0.4, -0.2) is 34.4 Å². The number of aromatic amines is 1. The van der Waals surface area contributed by atoms with Gasteiger partial charge in [-0.25, -0.2) is 0 Å². The fourth-order valence-electron chi connectivity index (χ4n) is 2.56. The van der Waals surface area contributed by atoms with Crippen molar-refractivity contribution in [3.05, 3.63) is 16.9 Å². The second-order valence-electron chi connectivity index (χ2n) is 4.98. The Labute approximate surface area is 116 Å². The van der Waals surface area contributed by atoms with Crippen LogP contribution in [0.15, 0.2) is 12.1 Å². The summed E-state index contributed by atoms with van der Waals surface area (Å²) in [5.41, 5.74) is 1.67. The van der Waals surface area contributed by atoms with Crippen LogP contribution in [0.2, 0.25) is 0 Å². The van der Waals surface area contributed by atoms with Gasteiger partial charge in [-0.1, -0.05) is 0 Å². The van der Waals surface area contributed by atoms with E-state index < -0.39 is 0 Å². The summed E-state index contributed by atoms with van der Waals surface area (Å²) in [5.74, 6) is 0.593. The largest absolute Gasteiger partial charge is 0.481 e. The van der Waals surface area contributed by atoms with Gasteiger partial charge in [0.05, 0.1) is 24.8 Å². The molecule has 5 nitrogen and oxygen atoms in total. The predicted octanol–water partition coefficient (Wildman–Crippen LogP) is 2.67. The van der Waals surface area contributed by atoms with Gasteiger partial charge >= 0.3 is 0 Å². The van der Waals surface area contributed by atoms with Gasteiger partial charge in [0.15, 0.2) is 10.4 Å². The summed E-state index contributed by atoms with van der Waals surface area (Å²) in [7, 11) is 3.38. The van der Waals surface area contributed by atoms with E-state index in [4.69, 9.17) is 21.7 Å². The van der Waals surface area contributed by atoms with Crippen LogP contribution < -0.4 is 4.74 Å². The van der Waals surface area contributed by atoms with Crippen LogP contribution in [0, 0.1) is 4.77 Å². The highest BCUT2D eigenvalue weighted by molar-refractivity contribution is 7.71. The lowest BCUT2D eigenvalue weighted by Crippen LogP contribution is -2.43. The summed E-state index contributed by atoms with van der Waals surface area (Å²) < 4.78 is 13.5. The van der Waals surface area contributed by atoms with Crippen LogP contribution in [0.5, 0.6) is 5.88 Å². The number of H-pyrrole nitrogens is 1. The minimum Gasteiger partial charge on any atom is -0.481 e. The van der Waals surface area contributed by atoms with E-state index in [-0.39, 0.29) is 5.60 Å². The number of hydrogen-bond acceptors (Lipinski definition) is 4. The van der Waals surface area contributed by atoms with E-state index in [9.17, 15) is 0 Å². The Morgan fingerprint density at radius 2 is 2.21 bits per heavy atom. The Balaban J connectivity index is 2.06. The zero-order chi connectivity index (χ0) is 13.5. The zero-order valence-corrected chi connectivity index (χ0v) is 11.9. The van der Waals surface area contributed by atoms with Crippen molar-refractivity contribution in [3.8, 4) is 5.88 Å². The molecule has 0 unspecified atom stereocenters. The van der Waals surface area contributed by atoms with Crippen molar-refractivity contribution >= 4 is 23.4 Å². The Hall–Kier alpha value is -1.40. The highest BCUT2D eigenvalue weighted by Gasteiger charge is 2.38. The van der Waals surface area contributed by atoms with Crippen molar-refractivity contribution in [1.29, 1.82) is 0 Å². The van der Waals surface area contributed by atoms with Gasteiger partial charge in [-0.05, 0) is 37.5 Å². The van der Waals surface area contributed by atoms with Crippen molar-refractivity contribution in [3.63, 3.8) is 0 Å². The van der Waals surface area contributed by atoms with Gasteiger partial charge in [0.1, 0.15) is 0 Å². The Morgan fingerprint density at radius 1 is 1.42 bits per heavy atom. The zero-order valence-electron chi connectivity index (χ0n) is 11.1. The summed E-state index contributed by atoms with van der Waals surface area (Å²) in [6.07, 6.45) is 3.35. The maximum absolute atomic E-state index is 5.67. The number of nitrogens with zero attached hydrogens (tertiary/aromatic N) is 2. The molecule has 0 spiro atoms. The van der Waals surface area contributed by atoms with E-state index >= 15 is 0 Å². The van der Waals surface area contributed by atoms with Gasteiger partial charge in [0, 0.05) is 13.2 Å². The van der Waals surface area contributed by atoms with Crippen LogP contribution in [-0.2, 0) is 11.3 Å². The first-order valence-electron chi connectivity index (χ1n) is 6.36. The predicted molar refractivity (Wildman–Crippen MR) is 75.1 cm³/mol. The Kier molecular flexibility index (Phi) is 3.06. The van der Waals surface area contributed by atoms with Gasteiger partial charge in [-0.15, -0.1) is 0 Å². The van der Waals surface area contributed by atoms with E-state index in [0.717, 1.165) is 30.6 Å². The second-order valence-corrected chi connectivity index (χ2v) is 5.37. The number of nitrogens with one attached hydrogen (secondary N) is 1. The van der Waals surface area contributed by atoms with Gasteiger partial charge in [-0.2, -0.15) is 4.98 Å². The molecule has 3 rings (SSSR count). The lowest BCUT2D eigenvalue weighted by atomic mass is 9.80. The number of ether oxygens (including phenoxy) is 2. The lowest BCUT2D eigenvalue weighted by molar-refractivity contribution is -0.0831. The number of imidazole rings is 1. The second kappa shape index (κ2) is 4.61. The summed E-state index contributed by atoms with van der Waals surface area (Å²) in [6.45, 7) is 0.739. The highest BCUT2D eigenvalue weighted by Crippen LogP contribution is 2.37. The molecule has 1 aliphatic carbocycles. The van der Waals surface area contributed by atoms with Crippen LogP contribution in [0.4, 0.5) is 0 Å². The average Bonchev–Trinajstić information content (AvgIpc) is 2.69. The monoisotopic (exact) mass is 279 g/mol. The highest BCUT2D eigenvalue weighted by atomic mass is 32.1. The molecule has 0 aromatic carbocycles. The number of fused-ring (bicyclic) bond motifs is 1. The quantitative estimate of drug-likeness (QED) is 0.874. The van der Waals surface area contributed by atoms with Crippen LogP contribution in [0.1, 0.15) is 19.3 Å². The Bertz CT molecular complexity index is 652. The van der Waals surface area contributed by atoms with Crippen molar-refractivity contribution in [2.24, 2.45) is 0 Å². The summed E-state index contributed by atoms with van der Waals surface area (Å²) in [6, 6.07) is 3.76. The van der Waals surface area contributed by atoms with Crippen molar-refractivity contribution < 1.29 is 9.47 Å². The minimum atomic E-state index is -0.0852. The van der Waals surface area contributed by atoms with Gasteiger partial charge < -0.3 is 14.5 Å². The molecule has 1 saturated carbocycles. The third-order valence-electron chi connectivity index (χ3n) is 3.95. The standard InChI is InChI=1S/C13H17N3O2S/c1-17-10-5-4-9-11(15-10)16(12(19)14-9)8-13(18-2)6-3-7-13/h4-5H,3,6-8H2,1-2H3,(H,14,19). The molecular formula is C13H17N3O2S. The molecule has 0 radical (unpaired) electrons. The first-order valence-corrected chi connectivity index (χ1v) is 6.77. The van der Waals surface area contributed by atoms with Crippen LogP contribution in [0.3, 0.4) is 0 Å². The molecule has 1 aliphatic rings. The van der Waals surface area contributed by atoms with Crippen molar-refractivity contribution in [1.82, 2.24) is 14.5 Å². The molecule has 2 aromatic rings. The molecule has 1 N–H and O–H groups in total. The maximum atomic E-state index is 5.67. The summed E-state index contributed by atoms with van der Waals surface area (Å²) in [4.78, 5) is 7.66. The molecular weight excluding hydrogens is 262 g/mol. The first kappa shape index (κ1) is 12.6. The normalized spacial score (nSPS) is 17.4. The van der Waals surface area contributed by atoms with Crippen LogP contribution in [0.25, 0.3) is 11.2 Å². The number of rotatable bonds is 4. The molecule has 0 bridgehead atoms. The fourth-order valence-corrected chi connectivity index (χ4v) is 2.82. The Morgan fingerprint density at radius 3 is 2.79 bits per heavy atom. The third kappa shape index (κ3) is 2.04. The smallest absolute Gasteiger partial charge is 0.215 e. The molecule has 6 heteroatoms. The van der Waals surface area contributed by atoms with E-state index in [1.54, 1.807) is 14.2 Å². The minimum absolute atomic E-state index is 0.0852. The number of aromatic nitrogens is 3. The number of methoxy groups -OCH3 is 2. The molecule has 0 aliphatic heterocycles. The maximum Gasteiger partial charge on any atom is 0.215 e. The topological polar surface area (TPSA) is 52.1 Å². The summed E-state index contributed by atoms with van der Waals surface area (Å²) in [5, 5.41) is 0. The average molecular weight is 279 g/mol. The van der Waals surface area contributed by atoms with Gasteiger partial charge in [0.2, 0.25) is 5.88 Å². The summed E-state index contributed by atoms with van der Waals surface area (Å²) >= 11 is 5.39. The molecule has 2 heterocycles. The first-order chi connectivity index (χ1) is 9.17. The van der Waals surface area contributed by atoms with Gasteiger partial charge in [-0.3, -0.25) is 4.57 Å². The fraction of sp³-hybridized carbons (Fsp3) is 0.538. The van der Waals surface area contributed by atoms with E-state index in [1.807, 2.05) is 16.7 Å². The van der Waals surface area contributed by atoms with E-state index in [0.29, 0.717) is 10.7 Å². The molecule has 0 atom stereocenters. The van der Waals surface area contributed by atoms with Crippen molar-refractivity contribution in [2.45, 2.75) is 31.4 Å². The molecule has 19 heavy (non-hydrogen) atoms. The third-order valence-corrected chi connectivity index (χ3v) is 4.27.